The van der Waals surface area contributed by atoms with Gasteiger partial charge in [-0.1, -0.05) is 13.8 Å². The standard InChI is InChI=1S/C42H52N4O4/c1-5-25-21-45-15-11-27(25)19-33(45)40-30(13-17-45)29-7-9-36(50-24(4)48)39(42(29)44-40)38-35(49-23(3)47)10-8-32-37(38)31-14-18-46-16-12-28(26(6-2)22-46)20-34(46)41(31)43-32/h7-10,25-28,33-34,43-44H,5-6,11-22H2,1-4H3/q+2/t25-,26-,27-,28-,33-,34-,45?,46?/m0/s1. The molecule has 0 aliphatic carbocycles. The number of carbonyl (C=O) groups is 2. The minimum Gasteiger partial charge on any atom is -0.426 e. The lowest BCUT2D eigenvalue weighted by molar-refractivity contribution is -0.978. The molecular weight excluding hydrogens is 624 g/mol. The highest BCUT2D eigenvalue weighted by molar-refractivity contribution is 6.11. The summed E-state index contributed by atoms with van der Waals surface area (Å²) in [5.41, 5.74) is 9.32. The van der Waals surface area contributed by atoms with E-state index in [1.165, 1.54) is 122 Å². The van der Waals surface area contributed by atoms with Crippen molar-refractivity contribution in [3.8, 4) is 22.6 Å². The van der Waals surface area contributed by atoms with E-state index in [-0.39, 0.29) is 11.9 Å². The van der Waals surface area contributed by atoms with Gasteiger partial charge in [0.1, 0.15) is 23.6 Å². The molecule has 8 aliphatic rings. The molecule has 50 heavy (non-hydrogen) atoms. The van der Waals surface area contributed by atoms with Gasteiger partial charge in [0, 0.05) is 86.1 Å². The monoisotopic (exact) mass is 676 g/mol. The van der Waals surface area contributed by atoms with Crippen molar-refractivity contribution in [2.45, 2.75) is 91.1 Å². The lowest BCUT2D eigenvalue weighted by Crippen LogP contribution is -2.65. The number of aromatic amines is 2. The summed E-state index contributed by atoms with van der Waals surface area (Å²) in [4.78, 5) is 33.5. The van der Waals surface area contributed by atoms with E-state index < -0.39 is 0 Å². The Kier molecular flexibility index (Phi) is 6.82. The van der Waals surface area contributed by atoms with E-state index >= 15 is 0 Å². The molecule has 262 valence electrons. The zero-order valence-electron chi connectivity index (χ0n) is 30.2. The molecule has 0 amide bonds. The second-order valence-corrected chi connectivity index (χ2v) is 17.1. The Labute approximate surface area is 294 Å². The highest BCUT2D eigenvalue weighted by Crippen LogP contribution is 2.57. The zero-order chi connectivity index (χ0) is 34.1. The Bertz CT molecular complexity index is 2090. The Morgan fingerprint density at radius 3 is 1.88 bits per heavy atom. The van der Waals surface area contributed by atoms with Gasteiger partial charge < -0.3 is 28.4 Å². The Morgan fingerprint density at radius 2 is 1.28 bits per heavy atom. The molecule has 4 aromatic rings. The molecule has 6 fully saturated rings. The minimum atomic E-state index is -0.354. The van der Waals surface area contributed by atoms with Crippen LogP contribution in [0.5, 0.6) is 11.5 Å². The molecule has 2 aromatic carbocycles. The molecule has 12 rings (SSSR count). The number of rotatable bonds is 5. The van der Waals surface area contributed by atoms with Crippen LogP contribution in [0.2, 0.25) is 0 Å². The summed E-state index contributed by atoms with van der Waals surface area (Å²) in [5, 5.41) is 2.33. The number of quaternary nitrogens is 2. The maximum absolute atomic E-state index is 12.7. The van der Waals surface area contributed by atoms with Crippen LogP contribution in [-0.4, -0.2) is 70.1 Å². The number of hydrogen-bond acceptors (Lipinski definition) is 4. The second kappa shape index (κ2) is 10.9. The van der Waals surface area contributed by atoms with Gasteiger partial charge in [-0.25, -0.2) is 0 Å². The Morgan fingerprint density at radius 1 is 0.720 bits per heavy atom. The SMILES string of the molecule is CC[C@H]1C[N+]23CCc4c([nH]c5c(-c6c(OC(C)=O)ccc7[nH]c8c(c67)CC[N+]67CC[C@@H](C[C@@H]86)[C@@H](CC)C7)c(OC(C)=O)ccc45)[C@@H]2C[C@@H]1CC3. The van der Waals surface area contributed by atoms with E-state index in [4.69, 9.17) is 9.47 Å². The number of esters is 2. The van der Waals surface area contributed by atoms with Crippen molar-refractivity contribution < 1.29 is 28.0 Å². The smallest absolute Gasteiger partial charge is 0.308 e. The number of aromatic nitrogens is 2. The van der Waals surface area contributed by atoms with Crippen LogP contribution in [-0.2, 0) is 22.4 Å². The van der Waals surface area contributed by atoms with Crippen LogP contribution in [0.3, 0.4) is 0 Å². The van der Waals surface area contributed by atoms with E-state index in [1.807, 2.05) is 12.1 Å². The van der Waals surface area contributed by atoms with Gasteiger partial charge in [0.25, 0.3) is 0 Å². The molecule has 8 heteroatoms. The first-order valence-corrected chi connectivity index (χ1v) is 19.7. The summed E-state index contributed by atoms with van der Waals surface area (Å²) in [7, 11) is 0. The molecule has 8 aliphatic heterocycles. The summed E-state index contributed by atoms with van der Waals surface area (Å²) in [6.07, 6.45) is 9.74. The van der Waals surface area contributed by atoms with Crippen molar-refractivity contribution in [3.05, 3.63) is 46.8 Å². The molecule has 0 saturated carbocycles. The van der Waals surface area contributed by atoms with E-state index in [2.05, 4.69) is 35.9 Å². The Balaban J connectivity index is 1.20. The number of fused-ring (bicyclic) bond motifs is 10. The van der Waals surface area contributed by atoms with E-state index in [9.17, 15) is 9.59 Å². The van der Waals surface area contributed by atoms with Gasteiger partial charge >= 0.3 is 11.9 Å². The van der Waals surface area contributed by atoms with Crippen molar-refractivity contribution in [1.29, 1.82) is 0 Å². The fraction of sp³-hybridized carbons (Fsp3) is 0.571. The summed E-state index contributed by atoms with van der Waals surface area (Å²) in [5.74, 6) is 3.57. The molecule has 10 heterocycles. The largest absolute Gasteiger partial charge is 0.426 e. The van der Waals surface area contributed by atoms with E-state index in [0.717, 1.165) is 70.6 Å². The number of hydrogen-bond donors (Lipinski definition) is 2. The van der Waals surface area contributed by atoms with Gasteiger partial charge in [-0.3, -0.25) is 9.59 Å². The average Bonchev–Trinajstić information content (AvgIpc) is 3.70. The van der Waals surface area contributed by atoms with Gasteiger partial charge in [0.15, 0.2) is 0 Å². The molecule has 2 aromatic heterocycles. The normalized spacial score (nSPS) is 33.5. The number of carbonyl (C=O) groups excluding carboxylic acids is 2. The van der Waals surface area contributed by atoms with Crippen LogP contribution < -0.4 is 9.47 Å². The molecule has 0 radical (unpaired) electrons. The fourth-order valence-corrected chi connectivity index (χ4v) is 12.8. The van der Waals surface area contributed by atoms with Crippen LogP contribution in [0.1, 0.15) is 101 Å². The summed E-state index contributed by atoms with van der Waals surface area (Å²) >= 11 is 0. The topological polar surface area (TPSA) is 84.2 Å². The van der Waals surface area contributed by atoms with Crippen LogP contribution in [0, 0.1) is 23.7 Å². The molecule has 8 atom stereocenters. The molecule has 4 bridgehead atoms. The number of benzene rings is 2. The maximum atomic E-state index is 12.7. The third kappa shape index (κ3) is 4.24. The number of ether oxygens (including phenoxy) is 2. The fourth-order valence-electron chi connectivity index (χ4n) is 12.8. The first-order valence-electron chi connectivity index (χ1n) is 19.7. The number of nitrogens with one attached hydrogen (secondary N) is 2. The number of nitrogens with zero attached hydrogens (tertiary/aromatic N) is 2. The van der Waals surface area contributed by atoms with Crippen LogP contribution in [0.4, 0.5) is 0 Å². The predicted molar refractivity (Wildman–Crippen MR) is 194 cm³/mol. The molecule has 6 saturated heterocycles. The van der Waals surface area contributed by atoms with E-state index in [1.54, 1.807) is 0 Å². The average molecular weight is 677 g/mol. The number of piperidine rings is 6. The first-order chi connectivity index (χ1) is 24.2. The van der Waals surface area contributed by atoms with Gasteiger partial charge in [-0.05, 0) is 60.1 Å². The zero-order valence-corrected chi connectivity index (χ0v) is 30.2. The quantitative estimate of drug-likeness (QED) is 0.128. The molecule has 2 N–H and O–H groups in total. The Hall–Kier alpha value is -3.62. The highest BCUT2D eigenvalue weighted by atomic mass is 16.5. The predicted octanol–water partition coefficient (Wildman–Crippen LogP) is 7.89. The number of H-pyrrole nitrogens is 2. The third-order valence-electron chi connectivity index (χ3n) is 15.0. The van der Waals surface area contributed by atoms with Crippen molar-refractivity contribution >= 4 is 33.7 Å². The van der Waals surface area contributed by atoms with Gasteiger partial charge in [0.05, 0.1) is 61.7 Å². The summed E-state index contributed by atoms with van der Waals surface area (Å²) in [6.45, 7) is 15.2. The van der Waals surface area contributed by atoms with Crippen molar-refractivity contribution in [2.75, 3.05) is 39.3 Å². The lowest BCUT2D eigenvalue weighted by atomic mass is 9.69. The van der Waals surface area contributed by atoms with Crippen LogP contribution in [0.25, 0.3) is 32.9 Å². The second-order valence-electron chi connectivity index (χ2n) is 17.1. The van der Waals surface area contributed by atoms with Crippen molar-refractivity contribution in [1.82, 2.24) is 9.97 Å². The molecule has 2 spiro atoms. The van der Waals surface area contributed by atoms with Gasteiger partial charge in [-0.2, -0.15) is 0 Å². The molecule has 2 unspecified atom stereocenters. The summed E-state index contributed by atoms with van der Waals surface area (Å²) in [6, 6.07) is 9.14. The van der Waals surface area contributed by atoms with E-state index in [0.29, 0.717) is 23.6 Å². The van der Waals surface area contributed by atoms with Crippen molar-refractivity contribution in [2.24, 2.45) is 23.7 Å². The maximum Gasteiger partial charge on any atom is 0.308 e. The molecular formula is C42H52N4O4+2. The minimum absolute atomic E-state index is 0.351. The van der Waals surface area contributed by atoms with Crippen molar-refractivity contribution in [3.63, 3.8) is 0 Å². The van der Waals surface area contributed by atoms with Gasteiger partial charge in [-0.15, -0.1) is 0 Å². The first kappa shape index (κ1) is 31.1. The summed E-state index contributed by atoms with van der Waals surface area (Å²) < 4.78 is 14.6. The van der Waals surface area contributed by atoms with Crippen LogP contribution >= 0.6 is 0 Å². The van der Waals surface area contributed by atoms with Gasteiger partial charge in [0.2, 0.25) is 0 Å². The highest BCUT2D eigenvalue weighted by Gasteiger charge is 2.56. The third-order valence-corrected chi connectivity index (χ3v) is 15.0. The van der Waals surface area contributed by atoms with Crippen LogP contribution in [0.15, 0.2) is 24.3 Å². The lowest BCUT2D eigenvalue weighted by Gasteiger charge is -2.59. The molecule has 8 nitrogen and oxygen atoms in total.